The van der Waals surface area contributed by atoms with Crippen LogP contribution in [0.25, 0.3) is 0 Å². The molecule has 1 atom stereocenters. The number of hydrogen-bond donors (Lipinski definition) is 1. The zero-order valence-electron chi connectivity index (χ0n) is 17.3. The van der Waals surface area contributed by atoms with Gasteiger partial charge in [0.15, 0.2) is 0 Å². The van der Waals surface area contributed by atoms with Crippen LogP contribution in [-0.2, 0) is 4.79 Å². The van der Waals surface area contributed by atoms with Gasteiger partial charge in [0.25, 0.3) is 5.91 Å². The van der Waals surface area contributed by atoms with Crippen molar-refractivity contribution >= 4 is 41.0 Å². The molecule has 0 bridgehead atoms. The van der Waals surface area contributed by atoms with Crippen LogP contribution < -0.4 is 10.3 Å². The van der Waals surface area contributed by atoms with Gasteiger partial charge in [0.1, 0.15) is 6.29 Å². The summed E-state index contributed by atoms with van der Waals surface area (Å²) in [6, 6.07) is 19.1. The molecule has 0 unspecified atom stereocenters. The number of nitrogens with zero attached hydrogens (tertiary/aromatic N) is 3. The van der Waals surface area contributed by atoms with Gasteiger partial charge in [-0.3, -0.25) is 14.8 Å². The first-order valence-corrected chi connectivity index (χ1v) is 11.4. The van der Waals surface area contributed by atoms with Crippen LogP contribution >= 0.6 is 11.8 Å². The third kappa shape index (κ3) is 4.78. The van der Waals surface area contributed by atoms with E-state index in [1.807, 2.05) is 18.4 Å². The lowest BCUT2D eigenvalue weighted by Crippen LogP contribution is -2.43. The van der Waals surface area contributed by atoms with Gasteiger partial charge in [-0.15, -0.1) is 11.8 Å². The second-order valence-electron chi connectivity index (χ2n) is 7.26. The molecule has 6 nitrogen and oxygen atoms in total. The lowest BCUT2D eigenvalue weighted by atomic mass is 10.1. The number of nitrogens with one attached hydrogen (secondary N) is 1. The summed E-state index contributed by atoms with van der Waals surface area (Å²) in [5.74, 6) is -0.192. The van der Waals surface area contributed by atoms with Crippen molar-refractivity contribution in [3.8, 4) is 0 Å². The molecule has 0 radical (unpaired) electrons. The fourth-order valence-electron chi connectivity index (χ4n) is 3.73. The molecule has 158 valence electrons. The minimum absolute atomic E-state index is 0.159. The number of benzene rings is 2. The monoisotopic (exact) mass is 432 g/mol. The number of rotatable bonds is 7. The van der Waals surface area contributed by atoms with Gasteiger partial charge in [-0.25, -0.2) is 5.01 Å². The van der Waals surface area contributed by atoms with Crippen molar-refractivity contribution in [2.45, 2.75) is 23.8 Å². The number of hydrogen-bond acceptors (Lipinski definition) is 6. The Morgan fingerprint density at radius 3 is 2.45 bits per heavy atom. The second kappa shape index (κ2) is 9.76. The highest BCUT2D eigenvalue weighted by Gasteiger charge is 2.30. The average Bonchev–Trinajstić information content (AvgIpc) is 3.29. The molecule has 0 saturated carbocycles. The highest BCUT2D eigenvalue weighted by atomic mass is 32.2. The smallest absolute Gasteiger partial charge is 0.255 e. The first-order valence-electron chi connectivity index (χ1n) is 10.2. The van der Waals surface area contributed by atoms with E-state index in [9.17, 15) is 9.59 Å². The highest BCUT2D eigenvalue weighted by molar-refractivity contribution is 7.98. The van der Waals surface area contributed by atoms with Gasteiger partial charge in [-0.2, -0.15) is 0 Å². The molecular formula is C24H24N4O2S. The molecule has 1 amide bonds. The summed E-state index contributed by atoms with van der Waals surface area (Å²) >= 11 is 1.69. The van der Waals surface area contributed by atoms with Crippen LogP contribution in [0.15, 0.2) is 78.0 Å². The van der Waals surface area contributed by atoms with E-state index in [0.717, 1.165) is 37.0 Å². The van der Waals surface area contributed by atoms with E-state index < -0.39 is 0 Å². The molecule has 0 spiro atoms. The lowest BCUT2D eigenvalue weighted by molar-refractivity contribution is -0.111. The average molecular weight is 433 g/mol. The van der Waals surface area contributed by atoms with Crippen molar-refractivity contribution in [3.05, 3.63) is 78.6 Å². The van der Waals surface area contributed by atoms with E-state index in [4.69, 9.17) is 0 Å². The van der Waals surface area contributed by atoms with Crippen LogP contribution in [0.5, 0.6) is 0 Å². The Hall–Kier alpha value is -3.16. The lowest BCUT2D eigenvalue weighted by Gasteiger charge is -2.36. The normalized spacial score (nSPS) is 16.1. The molecule has 4 rings (SSSR count). The number of amides is 1. The van der Waals surface area contributed by atoms with Crippen molar-refractivity contribution in [1.29, 1.82) is 0 Å². The molecule has 1 saturated heterocycles. The van der Waals surface area contributed by atoms with Crippen molar-refractivity contribution in [1.82, 2.24) is 9.99 Å². The molecule has 0 aliphatic carbocycles. The molecule has 1 aromatic heterocycles. The van der Waals surface area contributed by atoms with E-state index in [1.54, 1.807) is 48.4 Å². The Kier molecular flexibility index (Phi) is 6.64. The number of hydrazine groups is 1. The first kappa shape index (κ1) is 21.1. The van der Waals surface area contributed by atoms with Crippen LogP contribution in [0.1, 0.15) is 23.2 Å². The fourth-order valence-corrected chi connectivity index (χ4v) is 4.14. The number of pyridine rings is 1. The summed E-state index contributed by atoms with van der Waals surface area (Å²) < 4.78 is 0. The van der Waals surface area contributed by atoms with Gasteiger partial charge in [0.2, 0.25) is 0 Å². The van der Waals surface area contributed by atoms with Crippen molar-refractivity contribution in [2.24, 2.45) is 0 Å². The van der Waals surface area contributed by atoms with Gasteiger partial charge < -0.3 is 10.1 Å². The predicted molar refractivity (Wildman–Crippen MR) is 125 cm³/mol. The van der Waals surface area contributed by atoms with Gasteiger partial charge in [-0.05, 0) is 79.8 Å². The van der Waals surface area contributed by atoms with Crippen LogP contribution in [0.2, 0.25) is 0 Å². The SMILES string of the molecule is CSc1ccc(N(c2ccc(C(=O)Nc3cccnc3)cc2)N2CCC[C@H]2C=O)cc1. The van der Waals surface area contributed by atoms with E-state index in [2.05, 4.69) is 44.6 Å². The molecule has 1 N–H and O–H groups in total. The van der Waals surface area contributed by atoms with E-state index in [-0.39, 0.29) is 11.9 Å². The van der Waals surface area contributed by atoms with Crippen molar-refractivity contribution in [2.75, 3.05) is 23.1 Å². The topological polar surface area (TPSA) is 65.5 Å². The molecule has 7 heteroatoms. The quantitative estimate of drug-likeness (QED) is 0.428. The molecule has 2 aromatic carbocycles. The van der Waals surface area contributed by atoms with Gasteiger partial charge in [0.05, 0.1) is 29.3 Å². The predicted octanol–water partition coefficient (Wildman–Crippen LogP) is 4.77. The third-order valence-corrected chi connectivity index (χ3v) is 6.04. The molecule has 2 heterocycles. The van der Waals surface area contributed by atoms with E-state index in [0.29, 0.717) is 11.3 Å². The van der Waals surface area contributed by atoms with E-state index in [1.165, 1.54) is 4.90 Å². The number of carbonyl (C=O) groups excluding carboxylic acids is 2. The Morgan fingerprint density at radius 1 is 1.13 bits per heavy atom. The summed E-state index contributed by atoms with van der Waals surface area (Å²) in [5.41, 5.74) is 3.10. The van der Waals surface area contributed by atoms with Gasteiger partial charge in [-0.1, -0.05) is 0 Å². The Morgan fingerprint density at radius 2 is 1.84 bits per heavy atom. The summed E-state index contributed by atoms with van der Waals surface area (Å²) in [6.07, 6.45) is 8.15. The van der Waals surface area contributed by atoms with Crippen LogP contribution in [0, 0.1) is 0 Å². The maximum Gasteiger partial charge on any atom is 0.255 e. The number of thioether (sulfide) groups is 1. The zero-order valence-corrected chi connectivity index (χ0v) is 18.1. The largest absolute Gasteiger partial charge is 0.321 e. The molecule has 31 heavy (non-hydrogen) atoms. The molecule has 1 fully saturated rings. The maximum atomic E-state index is 12.6. The zero-order chi connectivity index (χ0) is 21.6. The molecule has 3 aromatic rings. The second-order valence-corrected chi connectivity index (χ2v) is 8.14. The summed E-state index contributed by atoms with van der Waals surface area (Å²) in [7, 11) is 0. The Bertz CT molecular complexity index is 1030. The summed E-state index contributed by atoms with van der Waals surface area (Å²) in [5, 5.41) is 7.03. The summed E-state index contributed by atoms with van der Waals surface area (Å²) in [6.45, 7) is 0.803. The Balaban J connectivity index is 1.61. The molecule has 1 aliphatic rings. The number of aromatic nitrogens is 1. The van der Waals surface area contributed by atoms with Crippen LogP contribution in [-0.4, -0.2) is 41.0 Å². The molecule has 1 aliphatic heterocycles. The van der Waals surface area contributed by atoms with Crippen LogP contribution in [0.4, 0.5) is 17.1 Å². The highest BCUT2D eigenvalue weighted by Crippen LogP contribution is 2.33. The van der Waals surface area contributed by atoms with Crippen molar-refractivity contribution < 1.29 is 9.59 Å². The third-order valence-electron chi connectivity index (χ3n) is 5.29. The number of anilines is 3. The fraction of sp³-hybridized carbons (Fsp3) is 0.208. The minimum Gasteiger partial charge on any atom is -0.321 e. The standard InChI is InChI=1S/C24H24N4O2S/c1-31-23-12-10-21(11-13-23)28(27-15-3-5-22(27)17-29)20-8-6-18(7-9-20)24(30)26-19-4-2-14-25-16-19/h2,4,6-14,16-17,22H,3,5,15H2,1H3,(H,26,30)/t22-/m0/s1. The number of aldehydes is 1. The molecular weight excluding hydrogens is 408 g/mol. The van der Waals surface area contributed by atoms with Gasteiger partial charge in [0, 0.05) is 23.2 Å². The maximum absolute atomic E-state index is 12.6. The Labute approximate surface area is 186 Å². The van der Waals surface area contributed by atoms with Crippen molar-refractivity contribution in [3.63, 3.8) is 0 Å². The number of carbonyl (C=O) groups is 2. The van der Waals surface area contributed by atoms with Gasteiger partial charge >= 0.3 is 0 Å². The first-order chi connectivity index (χ1) is 15.2. The summed E-state index contributed by atoms with van der Waals surface area (Å²) in [4.78, 5) is 29.4. The van der Waals surface area contributed by atoms with E-state index >= 15 is 0 Å². The minimum atomic E-state index is -0.192. The van der Waals surface area contributed by atoms with Crippen LogP contribution in [0.3, 0.4) is 0 Å².